The van der Waals surface area contributed by atoms with Crippen LogP contribution in [0, 0.1) is 4.77 Å². The molecule has 110 valence electrons. The zero-order valence-corrected chi connectivity index (χ0v) is 12.9. The molecule has 1 aromatic heterocycles. The molecule has 0 amide bonds. The van der Waals surface area contributed by atoms with E-state index in [1.54, 1.807) is 0 Å². The standard InChI is InChI=1S/C16H20N4S/c1-2-10-19-15(14-8-4-3-5-9-14)17-20(16(19)21)13-18-11-6-7-12-18/h2-5,8-9H,1,6-7,10-13H2. The van der Waals surface area contributed by atoms with E-state index in [4.69, 9.17) is 17.3 Å². The summed E-state index contributed by atoms with van der Waals surface area (Å²) in [6.45, 7) is 7.57. The van der Waals surface area contributed by atoms with Gasteiger partial charge in [-0.15, -0.1) is 6.58 Å². The molecule has 1 aromatic carbocycles. The van der Waals surface area contributed by atoms with Crippen LogP contribution in [0.3, 0.4) is 0 Å². The van der Waals surface area contributed by atoms with Crippen LogP contribution in [0.15, 0.2) is 43.0 Å². The van der Waals surface area contributed by atoms with E-state index in [0.717, 1.165) is 35.9 Å². The van der Waals surface area contributed by atoms with Crippen LogP contribution in [0.4, 0.5) is 0 Å². The molecule has 0 radical (unpaired) electrons. The summed E-state index contributed by atoms with van der Waals surface area (Å²) in [6.07, 6.45) is 4.41. The molecule has 0 saturated carbocycles. The lowest BCUT2D eigenvalue weighted by Gasteiger charge is -2.13. The lowest BCUT2D eigenvalue weighted by molar-refractivity contribution is 0.253. The fourth-order valence-electron chi connectivity index (χ4n) is 2.74. The first kappa shape index (κ1) is 14.2. The van der Waals surface area contributed by atoms with Crippen LogP contribution in [-0.2, 0) is 13.2 Å². The van der Waals surface area contributed by atoms with E-state index in [-0.39, 0.29) is 0 Å². The molecule has 21 heavy (non-hydrogen) atoms. The van der Waals surface area contributed by atoms with E-state index in [2.05, 4.69) is 23.6 Å². The minimum Gasteiger partial charge on any atom is -0.296 e. The zero-order chi connectivity index (χ0) is 14.7. The highest BCUT2D eigenvalue weighted by molar-refractivity contribution is 7.71. The van der Waals surface area contributed by atoms with Gasteiger partial charge < -0.3 is 0 Å². The van der Waals surface area contributed by atoms with Gasteiger partial charge in [0.05, 0.1) is 6.67 Å². The van der Waals surface area contributed by atoms with Gasteiger partial charge in [-0.1, -0.05) is 36.4 Å². The molecular formula is C16H20N4S. The van der Waals surface area contributed by atoms with Crippen molar-refractivity contribution in [2.75, 3.05) is 13.1 Å². The Balaban J connectivity index is 1.98. The second-order valence-electron chi connectivity index (χ2n) is 5.34. The van der Waals surface area contributed by atoms with Gasteiger partial charge in [0.15, 0.2) is 10.6 Å². The molecule has 1 fully saturated rings. The van der Waals surface area contributed by atoms with Gasteiger partial charge in [-0.25, -0.2) is 4.68 Å². The Kier molecular flexibility index (Phi) is 4.31. The molecule has 0 aliphatic carbocycles. The van der Waals surface area contributed by atoms with Gasteiger partial charge in [-0.2, -0.15) is 5.10 Å². The third-order valence-electron chi connectivity index (χ3n) is 3.80. The minimum atomic E-state index is 0.684. The topological polar surface area (TPSA) is 26.0 Å². The van der Waals surface area contributed by atoms with Crippen LogP contribution in [0.5, 0.6) is 0 Å². The van der Waals surface area contributed by atoms with Crippen LogP contribution in [0.25, 0.3) is 11.4 Å². The van der Waals surface area contributed by atoms with E-state index >= 15 is 0 Å². The van der Waals surface area contributed by atoms with Gasteiger partial charge in [0.2, 0.25) is 0 Å². The number of allylic oxidation sites excluding steroid dienone is 1. The lowest BCUT2D eigenvalue weighted by atomic mass is 10.2. The molecule has 4 nitrogen and oxygen atoms in total. The maximum Gasteiger partial charge on any atom is 0.199 e. The summed E-state index contributed by atoms with van der Waals surface area (Å²) in [5.74, 6) is 0.916. The smallest absolute Gasteiger partial charge is 0.199 e. The first-order valence-corrected chi connectivity index (χ1v) is 7.77. The normalized spacial score (nSPS) is 15.4. The molecule has 2 aromatic rings. The van der Waals surface area contributed by atoms with Crippen molar-refractivity contribution in [3.05, 3.63) is 47.8 Å². The number of hydrogen-bond donors (Lipinski definition) is 0. The molecule has 0 atom stereocenters. The predicted molar refractivity (Wildman–Crippen MR) is 87.5 cm³/mol. The monoisotopic (exact) mass is 300 g/mol. The van der Waals surface area contributed by atoms with E-state index in [0.29, 0.717) is 6.54 Å². The number of hydrogen-bond acceptors (Lipinski definition) is 3. The Morgan fingerprint density at radius 2 is 1.90 bits per heavy atom. The SMILES string of the molecule is C=CCn1c(-c2ccccc2)nn(CN2CCCC2)c1=S. The molecule has 1 aliphatic rings. The van der Waals surface area contributed by atoms with Crippen LogP contribution < -0.4 is 0 Å². The van der Waals surface area contributed by atoms with E-state index in [9.17, 15) is 0 Å². The number of benzene rings is 1. The van der Waals surface area contributed by atoms with Gasteiger partial charge in [0.1, 0.15) is 0 Å². The maximum atomic E-state index is 5.60. The molecule has 2 heterocycles. The Hall–Kier alpha value is -1.72. The van der Waals surface area contributed by atoms with E-state index in [1.807, 2.05) is 33.5 Å². The van der Waals surface area contributed by atoms with Crippen LogP contribution >= 0.6 is 12.2 Å². The highest BCUT2D eigenvalue weighted by Gasteiger charge is 2.16. The first-order valence-electron chi connectivity index (χ1n) is 7.36. The predicted octanol–water partition coefficient (Wildman–Crippen LogP) is 3.32. The summed E-state index contributed by atoms with van der Waals surface area (Å²) < 4.78 is 4.75. The molecule has 0 spiro atoms. The van der Waals surface area contributed by atoms with Gasteiger partial charge in [0, 0.05) is 12.1 Å². The summed E-state index contributed by atoms with van der Waals surface area (Å²) in [7, 11) is 0. The van der Waals surface area contributed by atoms with Gasteiger partial charge in [-0.3, -0.25) is 9.47 Å². The Morgan fingerprint density at radius 1 is 1.19 bits per heavy atom. The maximum absolute atomic E-state index is 5.60. The van der Waals surface area contributed by atoms with E-state index < -0.39 is 0 Å². The summed E-state index contributed by atoms with van der Waals surface area (Å²) >= 11 is 5.60. The van der Waals surface area contributed by atoms with Crippen LogP contribution in [0.2, 0.25) is 0 Å². The Morgan fingerprint density at radius 3 is 2.57 bits per heavy atom. The molecule has 0 N–H and O–H groups in total. The summed E-state index contributed by atoms with van der Waals surface area (Å²) in [5.41, 5.74) is 1.09. The van der Waals surface area contributed by atoms with Gasteiger partial charge in [-0.05, 0) is 38.1 Å². The summed E-state index contributed by atoms with van der Waals surface area (Å²) in [4.78, 5) is 2.40. The molecular weight excluding hydrogens is 280 g/mol. The summed E-state index contributed by atoms with van der Waals surface area (Å²) in [5, 5.41) is 4.75. The average molecular weight is 300 g/mol. The first-order chi connectivity index (χ1) is 10.3. The largest absolute Gasteiger partial charge is 0.296 e. The molecule has 1 saturated heterocycles. The number of likely N-dealkylation sites (tertiary alicyclic amines) is 1. The third kappa shape index (κ3) is 2.99. The van der Waals surface area contributed by atoms with Crippen molar-refractivity contribution in [2.45, 2.75) is 26.1 Å². The second kappa shape index (κ2) is 6.37. The minimum absolute atomic E-state index is 0.684. The number of rotatable bonds is 5. The van der Waals surface area contributed by atoms with Crippen molar-refractivity contribution in [2.24, 2.45) is 0 Å². The highest BCUT2D eigenvalue weighted by Crippen LogP contribution is 2.19. The van der Waals surface area contributed by atoms with Crippen molar-refractivity contribution in [1.29, 1.82) is 0 Å². The average Bonchev–Trinajstić information content (AvgIpc) is 3.12. The van der Waals surface area contributed by atoms with Crippen LogP contribution in [0.1, 0.15) is 12.8 Å². The number of aromatic nitrogens is 3. The van der Waals surface area contributed by atoms with Crippen molar-refractivity contribution in [3.8, 4) is 11.4 Å². The van der Waals surface area contributed by atoms with Gasteiger partial charge in [0.25, 0.3) is 0 Å². The Bertz CT molecular complexity index is 665. The van der Waals surface area contributed by atoms with Gasteiger partial charge >= 0.3 is 0 Å². The fraction of sp³-hybridized carbons (Fsp3) is 0.375. The third-order valence-corrected chi connectivity index (χ3v) is 4.23. The molecule has 0 unspecified atom stereocenters. The Labute approximate surface area is 130 Å². The highest BCUT2D eigenvalue weighted by atomic mass is 32.1. The molecule has 5 heteroatoms. The van der Waals surface area contributed by atoms with E-state index in [1.165, 1.54) is 12.8 Å². The zero-order valence-electron chi connectivity index (χ0n) is 12.1. The number of nitrogens with zero attached hydrogens (tertiary/aromatic N) is 4. The van der Waals surface area contributed by atoms with Crippen molar-refractivity contribution < 1.29 is 0 Å². The van der Waals surface area contributed by atoms with Crippen molar-refractivity contribution in [3.63, 3.8) is 0 Å². The quantitative estimate of drug-likeness (QED) is 0.626. The lowest BCUT2D eigenvalue weighted by Crippen LogP contribution is -2.23. The van der Waals surface area contributed by atoms with Crippen LogP contribution in [-0.4, -0.2) is 32.3 Å². The molecule has 3 rings (SSSR count). The second-order valence-corrected chi connectivity index (χ2v) is 5.70. The molecule has 1 aliphatic heterocycles. The molecule has 0 bridgehead atoms. The van der Waals surface area contributed by atoms with Crippen molar-refractivity contribution in [1.82, 2.24) is 19.2 Å². The fourth-order valence-corrected chi connectivity index (χ4v) is 3.00. The van der Waals surface area contributed by atoms with Crippen molar-refractivity contribution >= 4 is 12.2 Å². The summed E-state index contributed by atoms with van der Waals surface area (Å²) in [6, 6.07) is 10.2.